The molecular formula is C6H4BrN3. The van der Waals surface area contributed by atoms with Gasteiger partial charge >= 0.3 is 0 Å². The van der Waals surface area contributed by atoms with Crippen molar-refractivity contribution in [2.24, 2.45) is 10.2 Å². The molecule has 0 radical (unpaired) electrons. The fourth-order valence-electron chi connectivity index (χ4n) is 0.859. The molecule has 0 N–H and O–H groups in total. The van der Waals surface area contributed by atoms with Crippen molar-refractivity contribution in [3.63, 3.8) is 0 Å². The molecule has 1 aliphatic rings. The van der Waals surface area contributed by atoms with Gasteiger partial charge in [-0.1, -0.05) is 0 Å². The summed E-state index contributed by atoms with van der Waals surface area (Å²) in [6.45, 7) is 0.668. The summed E-state index contributed by atoms with van der Waals surface area (Å²) in [6.07, 6.45) is 1.73. The van der Waals surface area contributed by atoms with Crippen molar-refractivity contribution in [1.29, 1.82) is 0 Å². The lowest BCUT2D eigenvalue weighted by Crippen LogP contribution is -1.79. The molecule has 50 valence electrons. The van der Waals surface area contributed by atoms with Crippen LogP contribution >= 0.6 is 15.9 Å². The Kier molecular flexibility index (Phi) is 1.27. The summed E-state index contributed by atoms with van der Waals surface area (Å²) in [4.78, 5) is 4.05. The van der Waals surface area contributed by atoms with Crippen molar-refractivity contribution >= 4 is 21.7 Å². The van der Waals surface area contributed by atoms with E-state index in [0.717, 1.165) is 15.9 Å². The molecule has 4 heteroatoms. The Morgan fingerprint density at radius 1 is 1.50 bits per heavy atom. The Labute approximate surface area is 66.3 Å². The van der Waals surface area contributed by atoms with Gasteiger partial charge in [0.25, 0.3) is 0 Å². The molecule has 2 heterocycles. The number of nitrogens with zero attached hydrogens (tertiary/aromatic N) is 3. The molecule has 0 fully saturated rings. The Bertz CT molecular complexity index is 295. The molecule has 0 amide bonds. The van der Waals surface area contributed by atoms with Crippen LogP contribution in [0.2, 0.25) is 0 Å². The van der Waals surface area contributed by atoms with Crippen LogP contribution in [0.4, 0.5) is 5.82 Å². The first kappa shape index (κ1) is 5.97. The molecule has 1 aliphatic heterocycles. The Hall–Kier alpha value is -0.770. The van der Waals surface area contributed by atoms with E-state index >= 15 is 0 Å². The van der Waals surface area contributed by atoms with Gasteiger partial charge in [0.1, 0.15) is 0 Å². The molecule has 2 rings (SSSR count). The number of azo groups is 1. The van der Waals surface area contributed by atoms with E-state index in [1.165, 1.54) is 0 Å². The van der Waals surface area contributed by atoms with Gasteiger partial charge < -0.3 is 0 Å². The van der Waals surface area contributed by atoms with E-state index in [9.17, 15) is 0 Å². The second-order valence-electron chi connectivity index (χ2n) is 2.04. The van der Waals surface area contributed by atoms with Crippen LogP contribution in [-0.2, 0) is 6.54 Å². The van der Waals surface area contributed by atoms with Crippen LogP contribution in [0.15, 0.2) is 27.0 Å². The molecule has 10 heavy (non-hydrogen) atoms. The monoisotopic (exact) mass is 197 g/mol. The zero-order valence-corrected chi connectivity index (χ0v) is 6.67. The van der Waals surface area contributed by atoms with Crippen LogP contribution < -0.4 is 0 Å². The van der Waals surface area contributed by atoms with E-state index in [1.807, 2.05) is 6.07 Å². The molecule has 0 saturated carbocycles. The number of halogens is 1. The van der Waals surface area contributed by atoms with E-state index < -0.39 is 0 Å². The van der Waals surface area contributed by atoms with Crippen LogP contribution in [0.5, 0.6) is 0 Å². The summed E-state index contributed by atoms with van der Waals surface area (Å²) >= 11 is 3.32. The zero-order chi connectivity index (χ0) is 6.97. The van der Waals surface area contributed by atoms with Gasteiger partial charge in [0, 0.05) is 16.2 Å². The quantitative estimate of drug-likeness (QED) is 0.630. The predicted octanol–water partition coefficient (Wildman–Crippen LogP) is 2.44. The highest BCUT2D eigenvalue weighted by Crippen LogP contribution is 2.25. The van der Waals surface area contributed by atoms with Crippen molar-refractivity contribution in [2.45, 2.75) is 6.54 Å². The average molecular weight is 198 g/mol. The molecule has 0 unspecified atom stereocenters. The average Bonchev–Trinajstić information content (AvgIpc) is 2.33. The Balaban J connectivity index is 2.59. The lowest BCUT2D eigenvalue weighted by molar-refractivity contribution is 1.04. The van der Waals surface area contributed by atoms with Crippen molar-refractivity contribution in [3.8, 4) is 0 Å². The molecular weight excluding hydrogens is 194 g/mol. The van der Waals surface area contributed by atoms with Crippen molar-refractivity contribution in [1.82, 2.24) is 4.98 Å². The van der Waals surface area contributed by atoms with Crippen molar-refractivity contribution in [3.05, 3.63) is 22.3 Å². The topological polar surface area (TPSA) is 37.6 Å². The number of hydrogen-bond donors (Lipinski definition) is 0. The Morgan fingerprint density at radius 2 is 2.40 bits per heavy atom. The maximum absolute atomic E-state index is 4.05. The lowest BCUT2D eigenvalue weighted by atomic mass is 10.3. The molecule has 3 nitrogen and oxygen atoms in total. The second-order valence-corrected chi connectivity index (χ2v) is 2.95. The highest BCUT2D eigenvalue weighted by Gasteiger charge is 2.07. The number of fused-ring (bicyclic) bond motifs is 1. The first-order valence-electron chi connectivity index (χ1n) is 2.88. The van der Waals surface area contributed by atoms with E-state index in [2.05, 4.69) is 31.1 Å². The second kappa shape index (κ2) is 2.12. The summed E-state index contributed by atoms with van der Waals surface area (Å²) < 4.78 is 0.985. The summed E-state index contributed by atoms with van der Waals surface area (Å²) in [5.41, 5.74) is 1.09. The van der Waals surface area contributed by atoms with E-state index in [1.54, 1.807) is 6.20 Å². The van der Waals surface area contributed by atoms with Crippen LogP contribution in [-0.4, -0.2) is 4.98 Å². The summed E-state index contributed by atoms with van der Waals surface area (Å²) in [6, 6.07) is 1.99. The molecule has 0 saturated heterocycles. The van der Waals surface area contributed by atoms with Crippen LogP contribution in [0, 0.1) is 0 Å². The smallest absolute Gasteiger partial charge is 0.179 e. The van der Waals surface area contributed by atoms with E-state index in [-0.39, 0.29) is 0 Å². The fraction of sp³-hybridized carbons (Fsp3) is 0.167. The molecule has 1 aromatic heterocycles. The first-order chi connectivity index (χ1) is 4.86. The summed E-state index contributed by atoms with van der Waals surface area (Å²) in [7, 11) is 0. The van der Waals surface area contributed by atoms with Gasteiger partial charge in [-0.25, -0.2) is 4.98 Å². The Morgan fingerprint density at radius 3 is 3.30 bits per heavy atom. The van der Waals surface area contributed by atoms with Gasteiger partial charge in [0.05, 0.1) is 6.54 Å². The zero-order valence-electron chi connectivity index (χ0n) is 5.08. The molecule has 1 aromatic rings. The normalized spacial score (nSPS) is 13.7. The summed E-state index contributed by atoms with van der Waals surface area (Å²) in [5, 5.41) is 7.67. The van der Waals surface area contributed by atoms with Crippen molar-refractivity contribution in [2.75, 3.05) is 0 Å². The maximum atomic E-state index is 4.05. The van der Waals surface area contributed by atoms with Crippen LogP contribution in [0.1, 0.15) is 5.56 Å². The SMILES string of the molecule is Brc1cnc2c(c1)CN=N2. The third kappa shape index (κ3) is 0.844. The predicted molar refractivity (Wildman–Crippen MR) is 40.2 cm³/mol. The maximum Gasteiger partial charge on any atom is 0.179 e. The first-order valence-corrected chi connectivity index (χ1v) is 3.67. The minimum Gasteiger partial charge on any atom is -0.234 e. The molecule has 0 aliphatic carbocycles. The van der Waals surface area contributed by atoms with E-state index in [4.69, 9.17) is 0 Å². The lowest BCUT2D eigenvalue weighted by Gasteiger charge is -1.92. The third-order valence-corrected chi connectivity index (χ3v) is 1.75. The van der Waals surface area contributed by atoms with Gasteiger partial charge in [-0.3, -0.25) is 0 Å². The number of hydrogen-bond acceptors (Lipinski definition) is 3. The minimum atomic E-state index is 0.668. The van der Waals surface area contributed by atoms with Crippen molar-refractivity contribution < 1.29 is 0 Å². The summed E-state index contributed by atoms with van der Waals surface area (Å²) in [5.74, 6) is 0.753. The largest absolute Gasteiger partial charge is 0.234 e. The molecule has 0 spiro atoms. The molecule has 0 atom stereocenters. The van der Waals surface area contributed by atoms with Gasteiger partial charge in [-0.15, -0.1) is 5.11 Å². The highest BCUT2D eigenvalue weighted by molar-refractivity contribution is 9.10. The highest BCUT2D eigenvalue weighted by atomic mass is 79.9. The number of pyridine rings is 1. The van der Waals surface area contributed by atoms with Crippen LogP contribution in [0.25, 0.3) is 0 Å². The van der Waals surface area contributed by atoms with Gasteiger partial charge in [0.15, 0.2) is 5.82 Å². The van der Waals surface area contributed by atoms with Gasteiger partial charge in [0.2, 0.25) is 0 Å². The molecule has 0 aromatic carbocycles. The number of rotatable bonds is 0. The minimum absolute atomic E-state index is 0.668. The number of aromatic nitrogens is 1. The fourth-order valence-corrected chi connectivity index (χ4v) is 1.24. The standard InChI is InChI=1S/C6H4BrN3/c7-5-1-4-2-9-10-6(4)8-3-5/h1,3H,2H2. The molecule has 0 bridgehead atoms. The van der Waals surface area contributed by atoms with Gasteiger partial charge in [-0.2, -0.15) is 5.11 Å². The van der Waals surface area contributed by atoms with Gasteiger partial charge in [-0.05, 0) is 22.0 Å². The third-order valence-electron chi connectivity index (χ3n) is 1.32. The van der Waals surface area contributed by atoms with E-state index in [0.29, 0.717) is 6.54 Å². The van der Waals surface area contributed by atoms with Crippen LogP contribution in [0.3, 0.4) is 0 Å².